The maximum absolute atomic E-state index is 12.4. The minimum atomic E-state index is -0.299. The molecule has 0 unspecified atom stereocenters. The first kappa shape index (κ1) is 17.0. The van der Waals surface area contributed by atoms with E-state index in [1.54, 1.807) is 19.2 Å². The molecular weight excluding hydrogens is 290 g/mol. The third kappa shape index (κ3) is 4.33. The van der Waals surface area contributed by atoms with Crippen molar-refractivity contribution < 1.29 is 14.6 Å². The van der Waals surface area contributed by atoms with Crippen LogP contribution in [-0.2, 0) is 6.61 Å². The molecule has 0 fully saturated rings. The van der Waals surface area contributed by atoms with Crippen LogP contribution < -0.4 is 10.1 Å². The average molecular weight is 313 g/mol. The van der Waals surface area contributed by atoms with Crippen molar-refractivity contribution in [3.8, 4) is 16.9 Å². The molecule has 0 bridgehead atoms. The summed E-state index contributed by atoms with van der Waals surface area (Å²) in [4.78, 5) is 12.4. The zero-order valence-electron chi connectivity index (χ0n) is 14.0. The molecule has 0 spiro atoms. The lowest BCUT2D eigenvalue weighted by Gasteiger charge is -2.21. The first-order valence-electron chi connectivity index (χ1n) is 7.55. The Labute approximate surface area is 137 Å². The number of aliphatic hydroxyl groups excluding tert-OH is 1. The number of carbonyl (C=O) groups is 1. The highest BCUT2D eigenvalue weighted by molar-refractivity contribution is 5.96. The highest BCUT2D eigenvalue weighted by Crippen LogP contribution is 2.27. The molecule has 4 nitrogen and oxygen atoms in total. The van der Waals surface area contributed by atoms with E-state index in [4.69, 9.17) is 4.74 Å². The summed E-state index contributed by atoms with van der Waals surface area (Å²) in [7, 11) is 1.62. The Morgan fingerprint density at radius 3 is 2.30 bits per heavy atom. The minimum Gasteiger partial charge on any atom is -0.497 e. The minimum absolute atomic E-state index is 0.0808. The van der Waals surface area contributed by atoms with Crippen LogP contribution in [0.4, 0.5) is 0 Å². The lowest BCUT2D eigenvalue weighted by molar-refractivity contribution is 0.0919. The fraction of sp³-hybridized carbons (Fsp3) is 0.316. The van der Waals surface area contributed by atoms with Gasteiger partial charge in [0.05, 0.1) is 13.7 Å². The molecule has 0 saturated heterocycles. The summed E-state index contributed by atoms with van der Waals surface area (Å²) in [6, 6.07) is 12.9. The second-order valence-corrected chi connectivity index (χ2v) is 6.46. The zero-order valence-corrected chi connectivity index (χ0v) is 14.0. The summed E-state index contributed by atoms with van der Waals surface area (Å²) in [5, 5.41) is 12.5. The van der Waals surface area contributed by atoms with Crippen molar-refractivity contribution in [2.24, 2.45) is 0 Å². The Kier molecular flexibility index (Phi) is 5.06. The van der Waals surface area contributed by atoms with Crippen LogP contribution in [-0.4, -0.2) is 23.7 Å². The summed E-state index contributed by atoms with van der Waals surface area (Å²) < 4.78 is 5.16. The van der Waals surface area contributed by atoms with E-state index >= 15 is 0 Å². The highest BCUT2D eigenvalue weighted by Gasteiger charge is 2.16. The van der Waals surface area contributed by atoms with E-state index in [2.05, 4.69) is 5.32 Å². The first-order valence-corrected chi connectivity index (χ1v) is 7.55. The Bertz CT molecular complexity index is 685. The van der Waals surface area contributed by atoms with Gasteiger partial charge in [-0.1, -0.05) is 18.2 Å². The van der Waals surface area contributed by atoms with E-state index in [1.165, 1.54) is 0 Å². The van der Waals surface area contributed by atoms with Crippen LogP contribution in [0.25, 0.3) is 11.1 Å². The van der Waals surface area contributed by atoms with Crippen molar-refractivity contribution >= 4 is 5.91 Å². The number of aliphatic hydroxyl groups is 1. The first-order chi connectivity index (χ1) is 10.8. The van der Waals surface area contributed by atoms with Gasteiger partial charge in [-0.2, -0.15) is 0 Å². The molecule has 0 aliphatic rings. The van der Waals surface area contributed by atoms with Crippen molar-refractivity contribution in [3.05, 3.63) is 53.6 Å². The number of methoxy groups -OCH3 is 1. The van der Waals surface area contributed by atoms with E-state index in [-0.39, 0.29) is 18.1 Å². The third-order valence-electron chi connectivity index (χ3n) is 3.43. The standard InChI is InChI=1S/C19H23NO3/c1-19(2,3)20-18(22)14-5-6-15(12-21)17(11-14)13-7-9-16(23-4)10-8-13/h5-11,21H,12H2,1-4H3,(H,20,22). The molecule has 0 saturated carbocycles. The van der Waals surface area contributed by atoms with Crippen molar-refractivity contribution in [2.75, 3.05) is 7.11 Å². The van der Waals surface area contributed by atoms with Crippen LogP contribution in [0, 0.1) is 0 Å². The summed E-state index contributed by atoms with van der Waals surface area (Å²) in [6.45, 7) is 5.74. The van der Waals surface area contributed by atoms with Gasteiger partial charge in [0.2, 0.25) is 0 Å². The molecule has 122 valence electrons. The summed E-state index contributed by atoms with van der Waals surface area (Å²) in [5.41, 5.74) is 2.83. The Hall–Kier alpha value is -2.33. The molecule has 2 N–H and O–H groups in total. The van der Waals surface area contributed by atoms with Crippen LogP contribution in [0.5, 0.6) is 5.75 Å². The number of hydrogen-bond acceptors (Lipinski definition) is 3. The third-order valence-corrected chi connectivity index (χ3v) is 3.43. The number of carbonyl (C=O) groups excluding carboxylic acids is 1. The number of hydrogen-bond donors (Lipinski definition) is 2. The number of benzene rings is 2. The van der Waals surface area contributed by atoms with Gasteiger partial charge in [-0.3, -0.25) is 4.79 Å². The van der Waals surface area contributed by atoms with Gasteiger partial charge in [-0.05, 0) is 61.7 Å². The summed E-state index contributed by atoms with van der Waals surface area (Å²) in [5.74, 6) is 0.637. The van der Waals surface area contributed by atoms with Crippen molar-refractivity contribution in [2.45, 2.75) is 32.9 Å². The molecule has 2 aromatic carbocycles. The molecule has 2 rings (SSSR count). The smallest absolute Gasteiger partial charge is 0.251 e. The lowest BCUT2D eigenvalue weighted by Crippen LogP contribution is -2.40. The highest BCUT2D eigenvalue weighted by atomic mass is 16.5. The van der Waals surface area contributed by atoms with Crippen LogP contribution in [0.3, 0.4) is 0 Å². The largest absolute Gasteiger partial charge is 0.497 e. The summed E-state index contributed by atoms with van der Waals surface area (Å²) >= 11 is 0. The molecule has 0 radical (unpaired) electrons. The number of nitrogens with one attached hydrogen (secondary N) is 1. The fourth-order valence-electron chi connectivity index (χ4n) is 2.31. The number of amides is 1. The van der Waals surface area contributed by atoms with Gasteiger partial charge < -0.3 is 15.2 Å². The molecule has 0 heterocycles. The van der Waals surface area contributed by atoms with E-state index in [1.807, 2.05) is 51.1 Å². The fourth-order valence-corrected chi connectivity index (χ4v) is 2.31. The lowest BCUT2D eigenvalue weighted by atomic mass is 9.96. The van der Waals surface area contributed by atoms with Crippen LogP contribution in [0.2, 0.25) is 0 Å². The topological polar surface area (TPSA) is 58.6 Å². The van der Waals surface area contributed by atoms with E-state index in [0.29, 0.717) is 5.56 Å². The SMILES string of the molecule is COc1ccc(-c2cc(C(=O)NC(C)(C)C)ccc2CO)cc1. The predicted octanol–water partition coefficient (Wildman–Crippen LogP) is 3.38. The van der Waals surface area contributed by atoms with Gasteiger partial charge in [0.25, 0.3) is 5.91 Å². The van der Waals surface area contributed by atoms with Gasteiger partial charge in [0, 0.05) is 11.1 Å². The molecule has 1 amide bonds. The van der Waals surface area contributed by atoms with Crippen molar-refractivity contribution in [1.82, 2.24) is 5.32 Å². The van der Waals surface area contributed by atoms with Crippen molar-refractivity contribution in [3.63, 3.8) is 0 Å². The van der Waals surface area contributed by atoms with Gasteiger partial charge >= 0.3 is 0 Å². The van der Waals surface area contributed by atoms with E-state index < -0.39 is 0 Å². The van der Waals surface area contributed by atoms with Gasteiger partial charge in [-0.15, -0.1) is 0 Å². The molecule has 0 aromatic heterocycles. The van der Waals surface area contributed by atoms with Crippen LogP contribution in [0.15, 0.2) is 42.5 Å². The second-order valence-electron chi connectivity index (χ2n) is 6.46. The zero-order chi connectivity index (χ0) is 17.0. The molecule has 23 heavy (non-hydrogen) atoms. The normalized spacial score (nSPS) is 11.2. The number of ether oxygens (including phenoxy) is 1. The Morgan fingerprint density at radius 2 is 1.78 bits per heavy atom. The molecule has 2 aromatic rings. The van der Waals surface area contributed by atoms with E-state index in [0.717, 1.165) is 22.4 Å². The van der Waals surface area contributed by atoms with Gasteiger partial charge in [0.1, 0.15) is 5.75 Å². The average Bonchev–Trinajstić information content (AvgIpc) is 2.52. The maximum atomic E-state index is 12.4. The monoisotopic (exact) mass is 313 g/mol. The maximum Gasteiger partial charge on any atom is 0.251 e. The summed E-state index contributed by atoms with van der Waals surface area (Å²) in [6.07, 6.45) is 0. The molecule has 4 heteroatoms. The second kappa shape index (κ2) is 6.84. The molecule has 0 aliphatic carbocycles. The predicted molar refractivity (Wildman–Crippen MR) is 91.6 cm³/mol. The van der Waals surface area contributed by atoms with Gasteiger partial charge in [-0.25, -0.2) is 0 Å². The van der Waals surface area contributed by atoms with E-state index in [9.17, 15) is 9.90 Å². The quantitative estimate of drug-likeness (QED) is 0.909. The van der Waals surface area contributed by atoms with Gasteiger partial charge in [0.15, 0.2) is 0 Å². The number of rotatable bonds is 4. The molecule has 0 aliphatic heterocycles. The van der Waals surface area contributed by atoms with Crippen LogP contribution >= 0.6 is 0 Å². The molecule has 0 atom stereocenters. The van der Waals surface area contributed by atoms with Crippen LogP contribution in [0.1, 0.15) is 36.7 Å². The molecular formula is C19H23NO3. The Morgan fingerprint density at radius 1 is 1.13 bits per heavy atom. The van der Waals surface area contributed by atoms with Crippen molar-refractivity contribution in [1.29, 1.82) is 0 Å². The Balaban J connectivity index is 2.40.